The molecule has 0 fully saturated rings. The summed E-state index contributed by atoms with van der Waals surface area (Å²) >= 11 is 0. The van der Waals surface area contributed by atoms with Gasteiger partial charge in [-0.2, -0.15) is 10.1 Å². The number of hydrogen-bond donors (Lipinski definition) is 2. The van der Waals surface area contributed by atoms with E-state index in [1.807, 2.05) is 13.8 Å². The SMILES string of the molecule is CC(C)(N)c1noc(-c2ccn[nH]2)n1. The van der Waals surface area contributed by atoms with Crippen LogP contribution in [-0.2, 0) is 5.54 Å². The Bertz CT molecular complexity index is 411. The molecule has 0 radical (unpaired) electrons. The Morgan fingerprint density at radius 2 is 2.29 bits per heavy atom. The van der Waals surface area contributed by atoms with Crippen LogP contribution in [0.25, 0.3) is 11.6 Å². The predicted molar refractivity (Wildman–Crippen MR) is 49.1 cm³/mol. The van der Waals surface area contributed by atoms with Gasteiger partial charge in [-0.15, -0.1) is 0 Å². The van der Waals surface area contributed by atoms with E-state index >= 15 is 0 Å². The summed E-state index contributed by atoms with van der Waals surface area (Å²) in [6.45, 7) is 3.63. The maximum absolute atomic E-state index is 5.81. The zero-order valence-corrected chi connectivity index (χ0v) is 7.98. The Morgan fingerprint density at radius 3 is 2.79 bits per heavy atom. The van der Waals surface area contributed by atoms with Gasteiger partial charge in [-0.1, -0.05) is 5.16 Å². The molecule has 2 rings (SSSR count). The number of aromatic nitrogens is 4. The normalized spacial score (nSPS) is 11.9. The molecular formula is C8H11N5O. The minimum atomic E-state index is -0.595. The maximum Gasteiger partial charge on any atom is 0.275 e. The summed E-state index contributed by atoms with van der Waals surface area (Å²) < 4.78 is 5.02. The number of H-pyrrole nitrogens is 1. The molecule has 74 valence electrons. The lowest BCUT2D eigenvalue weighted by molar-refractivity contribution is 0.396. The first-order valence-electron chi connectivity index (χ1n) is 4.20. The highest BCUT2D eigenvalue weighted by Crippen LogP contribution is 2.18. The first-order valence-corrected chi connectivity index (χ1v) is 4.20. The monoisotopic (exact) mass is 193 g/mol. The molecular weight excluding hydrogens is 182 g/mol. The molecule has 2 aromatic heterocycles. The van der Waals surface area contributed by atoms with Crippen LogP contribution in [0.1, 0.15) is 19.7 Å². The van der Waals surface area contributed by atoms with Gasteiger partial charge < -0.3 is 10.3 Å². The van der Waals surface area contributed by atoms with Crippen molar-refractivity contribution in [3.63, 3.8) is 0 Å². The van der Waals surface area contributed by atoms with Crippen molar-refractivity contribution in [1.29, 1.82) is 0 Å². The van der Waals surface area contributed by atoms with Gasteiger partial charge in [-0.05, 0) is 19.9 Å². The van der Waals surface area contributed by atoms with Crippen LogP contribution in [0.4, 0.5) is 0 Å². The number of nitrogens with zero attached hydrogens (tertiary/aromatic N) is 3. The predicted octanol–water partition coefficient (Wildman–Crippen LogP) is 0.653. The average molecular weight is 193 g/mol. The quantitative estimate of drug-likeness (QED) is 0.730. The van der Waals surface area contributed by atoms with Crippen LogP contribution in [0.2, 0.25) is 0 Å². The van der Waals surface area contributed by atoms with Crippen molar-refractivity contribution in [2.45, 2.75) is 19.4 Å². The van der Waals surface area contributed by atoms with Gasteiger partial charge in [0.1, 0.15) is 5.69 Å². The number of rotatable bonds is 2. The molecule has 6 heteroatoms. The lowest BCUT2D eigenvalue weighted by atomic mass is 10.1. The van der Waals surface area contributed by atoms with E-state index in [2.05, 4.69) is 20.3 Å². The van der Waals surface area contributed by atoms with Gasteiger partial charge in [0.25, 0.3) is 5.89 Å². The summed E-state index contributed by atoms with van der Waals surface area (Å²) in [5, 5.41) is 10.3. The van der Waals surface area contributed by atoms with E-state index in [4.69, 9.17) is 10.3 Å². The maximum atomic E-state index is 5.81. The smallest absolute Gasteiger partial charge is 0.275 e. The van der Waals surface area contributed by atoms with Gasteiger partial charge >= 0.3 is 0 Å². The molecule has 0 atom stereocenters. The van der Waals surface area contributed by atoms with Gasteiger partial charge in [0, 0.05) is 6.20 Å². The zero-order chi connectivity index (χ0) is 10.2. The minimum absolute atomic E-state index is 0.399. The summed E-state index contributed by atoms with van der Waals surface area (Å²) in [4.78, 5) is 4.15. The van der Waals surface area contributed by atoms with Crippen molar-refractivity contribution in [1.82, 2.24) is 20.3 Å². The van der Waals surface area contributed by atoms with E-state index in [-0.39, 0.29) is 0 Å². The van der Waals surface area contributed by atoms with E-state index in [0.29, 0.717) is 17.4 Å². The second-order valence-electron chi connectivity index (χ2n) is 3.62. The molecule has 2 aromatic rings. The summed E-state index contributed by atoms with van der Waals surface area (Å²) in [5.41, 5.74) is 5.91. The van der Waals surface area contributed by atoms with Crippen LogP contribution in [-0.4, -0.2) is 20.3 Å². The Morgan fingerprint density at radius 1 is 1.50 bits per heavy atom. The Kier molecular flexibility index (Phi) is 1.85. The summed E-state index contributed by atoms with van der Waals surface area (Å²) in [5.74, 6) is 0.873. The van der Waals surface area contributed by atoms with Gasteiger partial charge in [-0.25, -0.2) is 0 Å². The summed E-state index contributed by atoms with van der Waals surface area (Å²) in [6, 6.07) is 1.75. The molecule has 2 heterocycles. The minimum Gasteiger partial charge on any atom is -0.332 e. The third kappa shape index (κ3) is 1.51. The van der Waals surface area contributed by atoms with E-state index in [1.165, 1.54) is 0 Å². The molecule has 0 amide bonds. The molecule has 0 aromatic carbocycles. The Labute approximate surface area is 80.5 Å². The molecule has 0 spiro atoms. The Balaban J connectivity index is 2.36. The summed E-state index contributed by atoms with van der Waals surface area (Å²) in [7, 11) is 0. The fourth-order valence-electron chi connectivity index (χ4n) is 0.970. The zero-order valence-electron chi connectivity index (χ0n) is 7.98. The highest BCUT2D eigenvalue weighted by molar-refractivity contribution is 5.44. The molecule has 0 saturated heterocycles. The second-order valence-corrected chi connectivity index (χ2v) is 3.62. The van der Waals surface area contributed by atoms with Crippen LogP contribution in [0.5, 0.6) is 0 Å². The van der Waals surface area contributed by atoms with Crippen molar-refractivity contribution in [3.8, 4) is 11.6 Å². The van der Waals surface area contributed by atoms with E-state index < -0.39 is 5.54 Å². The number of aromatic amines is 1. The number of nitrogens with two attached hydrogens (primary N) is 1. The van der Waals surface area contributed by atoms with Gasteiger partial charge in [0.2, 0.25) is 0 Å². The highest BCUT2D eigenvalue weighted by atomic mass is 16.5. The first-order chi connectivity index (χ1) is 6.57. The average Bonchev–Trinajstić information content (AvgIpc) is 2.73. The molecule has 0 unspecified atom stereocenters. The van der Waals surface area contributed by atoms with E-state index in [0.717, 1.165) is 0 Å². The number of hydrogen-bond acceptors (Lipinski definition) is 5. The van der Waals surface area contributed by atoms with Crippen molar-refractivity contribution in [3.05, 3.63) is 18.1 Å². The van der Waals surface area contributed by atoms with Gasteiger partial charge in [0.15, 0.2) is 5.82 Å². The molecule has 0 aliphatic rings. The highest BCUT2D eigenvalue weighted by Gasteiger charge is 2.22. The standard InChI is InChI=1S/C8H11N5O/c1-8(2,9)7-11-6(14-13-7)5-3-4-10-12-5/h3-4H,9H2,1-2H3,(H,10,12). The van der Waals surface area contributed by atoms with Crippen molar-refractivity contribution < 1.29 is 4.52 Å². The molecule has 0 saturated carbocycles. The van der Waals surface area contributed by atoms with E-state index in [1.54, 1.807) is 12.3 Å². The molecule has 6 nitrogen and oxygen atoms in total. The number of nitrogens with one attached hydrogen (secondary N) is 1. The van der Waals surface area contributed by atoms with Gasteiger partial charge in [-0.3, -0.25) is 5.10 Å². The molecule has 0 bridgehead atoms. The fraction of sp³-hybridized carbons (Fsp3) is 0.375. The lowest BCUT2D eigenvalue weighted by Crippen LogP contribution is -2.30. The Hall–Kier alpha value is -1.69. The van der Waals surface area contributed by atoms with Crippen LogP contribution in [0.3, 0.4) is 0 Å². The van der Waals surface area contributed by atoms with Crippen molar-refractivity contribution >= 4 is 0 Å². The van der Waals surface area contributed by atoms with E-state index in [9.17, 15) is 0 Å². The topological polar surface area (TPSA) is 93.6 Å². The van der Waals surface area contributed by atoms with Crippen molar-refractivity contribution in [2.75, 3.05) is 0 Å². The second kappa shape index (κ2) is 2.91. The molecule has 3 N–H and O–H groups in total. The third-order valence-electron chi connectivity index (χ3n) is 1.73. The van der Waals surface area contributed by atoms with Gasteiger partial charge in [0.05, 0.1) is 5.54 Å². The third-order valence-corrected chi connectivity index (χ3v) is 1.73. The lowest BCUT2D eigenvalue weighted by Gasteiger charge is -2.11. The van der Waals surface area contributed by atoms with Crippen LogP contribution in [0, 0.1) is 0 Å². The summed E-state index contributed by atoms with van der Waals surface area (Å²) in [6.07, 6.45) is 1.62. The largest absolute Gasteiger partial charge is 0.332 e. The fourth-order valence-corrected chi connectivity index (χ4v) is 0.970. The molecule has 14 heavy (non-hydrogen) atoms. The van der Waals surface area contributed by atoms with Crippen LogP contribution in [0.15, 0.2) is 16.8 Å². The van der Waals surface area contributed by atoms with Crippen LogP contribution < -0.4 is 5.73 Å². The van der Waals surface area contributed by atoms with Crippen LogP contribution >= 0.6 is 0 Å². The van der Waals surface area contributed by atoms with Crippen molar-refractivity contribution in [2.24, 2.45) is 5.73 Å². The molecule has 0 aliphatic heterocycles. The molecule has 0 aliphatic carbocycles. The first kappa shape index (κ1) is 8.89.